The van der Waals surface area contributed by atoms with Gasteiger partial charge in [-0.2, -0.15) is 0 Å². The smallest absolute Gasteiger partial charge is 0.245 e. The van der Waals surface area contributed by atoms with Crippen LogP contribution in [0.2, 0.25) is 0 Å². The van der Waals surface area contributed by atoms with E-state index in [0.29, 0.717) is 54.4 Å². The van der Waals surface area contributed by atoms with Crippen molar-refractivity contribution >= 4 is 23.6 Å². The summed E-state index contributed by atoms with van der Waals surface area (Å²) >= 11 is 0. The Morgan fingerprint density at radius 3 is 2.29 bits per heavy atom. The monoisotopic (exact) mass is 668 g/mol. The van der Waals surface area contributed by atoms with Crippen LogP contribution in [0.4, 0.5) is 5.69 Å². The third kappa shape index (κ3) is 8.08. The van der Waals surface area contributed by atoms with Gasteiger partial charge in [-0.15, -0.1) is 0 Å². The fourth-order valence-corrected chi connectivity index (χ4v) is 6.76. The number of rotatable bonds is 11. The molecule has 1 fully saturated rings. The van der Waals surface area contributed by atoms with E-state index in [9.17, 15) is 14.4 Å². The number of hydrogen-bond donors (Lipinski definition) is 2. The number of nitrogens with one attached hydrogen (secondary N) is 2. The number of nitrogens with zero attached hydrogens (tertiary/aromatic N) is 2. The minimum atomic E-state index is -0.600. The van der Waals surface area contributed by atoms with Gasteiger partial charge in [0.25, 0.3) is 0 Å². The van der Waals surface area contributed by atoms with Crippen molar-refractivity contribution in [2.24, 2.45) is 5.92 Å². The predicted octanol–water partition coefficient (Wildman–Crippen LogP) is 5.16. The molecule has 1 aliphatic heterocycles. The van der Waals surface area contributed by atoms with Crippen LogP contribution in [0, 0.1) is 5.92 Å². The number of fused-ring (bicyclic) bond motifs is 3. The summed E-state index contributed by atoms with van der Waals surface area (Å²) in [5.41, 5.74) is 4.33. The van der Waals surface area contributed by atoms with Gasteiger partial charge in [-0.3, -0.25) is 19.3 Å². The Morgan fingerprint density at radius 1 is 0.939 bits per heavy atom. The Bertz CT molecular complexity index is 1730. The molecule has 2 atom stereocenters. The lowest BCUT2D eigenvalue weighted by atomic mass is 9.95. The standard InChI is InChI=1S/C39H48N4O6/c1-25(2)36(39(46)43-21-19-42(20-22-43)18-10-13-27-11-8-7-9-12-27)41-32-17-15-29-30(24-33(32)45)31(40-26(3)44)16-14-28-23-34(47-4)37(48-5)38(49-6)35(28)29/h7-13,15,17,23-25,31,36H,14,16,18-22H2,1-6H3,(H,40,44)(H,41,45). The summed E-state index contributed by atoms with van der Waals surface area (Å²) in [7, 11) is 4.70. The van der Waals surface area contributed by atoms with E-state index in [2.05, 4.69) is 39.8 Å². The summed E-state index contributed by atoms with van der Waals surface area (Å²) in [5, 5.41) is 6.37. The molecule has 0 saturated carbocycles. The van der Waals surface area contributed by atoms with Crippen LogP contribution in [0.1, 0.15) is 49.9 Å². The second-order valence-electron chi connectivity index (χ2n) is 12.9. The molecule has 2 unspecified atom stereocenters. The largest absolute Gasteiger partial charge is 0.493 e. The first kappa shape index (κ1) is 35.5. The molecule has 260 valence electrons. The van der Waals surface area contributed by atoms with E-state index in [-0.39, 0.29) is 23.2 Å². The van der Waals surface area contributed by atoms with Gasteiger partial charge in [-0.05, 0) is 59.2 Å². The van der Waals surface area contributed by atoms with Crippen LogP contribution >= 0.6 is 0 Å². The Balaban J connectivity index is 1.42. The average molecular weight is 669 g/mol. The molecule has 5 rings (SSSR count). The number of benzene rings is 2. The topological polar surface area (TPSA) is 109 Å². The first-order chi connectivity index (χ1) is 23.6. The molecule has 49 heavy (non-hydrogen) atoms. The van der Waals surface area contributed by atoms with Gasteiger partial charge in [0.15, 0.2) is 11.5 Å². The quantitative estimate of drug-likeness (QED) is 0.289. The van der Waals surface area contributed by atoms with Gasteiger partial charge in [0.05, 0.1) is 33.1 Å². The van der Waals surface area contributed by atoms with Crippen molar-refractivity contribution in [3.63, 3.8) is 0 Å². The van der Waals surface area contributed by atoms with Gasteiger partial charge in [0.2, 0.25) is 23.0 Å². The number of carbonyl (C=O) groups excluding carboxylic acids is 2. The van der Waals surface area contributed by atoms with Crippen molar-refractivity contribution in [2.45, 2.75) is 45.7 Å². The molecule has 1 aliphatic carbocycles. The molecular formula is C39H48N4O6. The van der Waals surface area contributed by atoms with E-state index < -0.39 is 12.1 Å². The molecule has 1 saturated heterocycles. The molecule has 1 heterocycles. The predicted molar refractivity (Wildman–Crippen MR) is 193 cm³/mol. The summed E-state index contributed by atoms with van der Waals surface area (Å²) in [4.78, 5) is 44.4. The number of methoxy groups -OCH3 is 3. The Labute approximate surface area is 289 Å². The van der Waals surface area contributed by atoms with Crippen LogP contribution in [0.5, 0.6) is 17.2 Å². The molecular weight excluding hydrogens is 620 g/mol. The Morgan fingerprint density at radius 2 is 1.65 bits per heavy atom. The van der Waals surface area contributed by atoms with Crippen molar-refractivity contribution in [3.05, 3.63) is 87.6 Å². The van der Waals surface area contributed by atoms with Gasteiger partial charge in [0.1, 0.15) is 6.04 Å². The second-order valence-corrected chi connectivity index (χ2v) is 12.9. The van der Waals surface area contributed by atoms with Crippen LogP contribution in [0.15, 0.2) is 65.5 Å². The second kappa shape index (κ2) is 16.0. The van der Waals surface area contributed by atoms with Crippen LogP contribution in [-0.2, 0) is 16.0 Å². The Kier molecular flexibility index (Phi) is 11.6. The summed E-state index contributed by atoms with van der Waals surface area (Å²) < 4.78 is 17.2. The number of anilines is 1. The third-order valence-corrected chi connectivity index (χ3v) is 9.32. The van der Waals surface area contributed by atoms with Gasteiger partial charge in [0, 0.05) is 45.2 Å². The molecule has 0 bridgehead atoms. The first-order valence-corrected chi connectivity index (χ1v) is 16.9. The molecule has 3 aromatic carbocycles. The number of hydrogen-bond acceptors (Lipinski definition) is 8. The van der Waals surface area contributed by atoms with E-state index in [1.165, 1.54) is 12.5 Å². The lowest BCUT2D eigenvalue weighted by Gasteiger charge is -2.37. The molecule has 0 radical (unpaired) electrons. The van der Waals surface area contributed by atoms with Crippen molar-refractivity contribution < 1.29 is 23.8 Å². The zero-order chi connectivity index (χ0) is 35.1. The van der Waals surface area contributed by atoms with Crippen LogP contribution in [-0.4, -0.2) is 81.7 Å². The molecule has 2 aliphatic rings. The average Bonchev–Trinajstić information content (AvgIpc) is 3.34. The first-order valence-electron chi connectivity index (χ1n) is 16.9. The van der Waals surface area contributed by atoms with Gasteiger partial charge in [-0.1, -0.05) is 62.4 Å². The van der Waals surface area contributed by atoms with E-state index in [1.807, 2.05) is 49.1 Å². The molecule has 10 nitrogen and oxygen atoms in total. The van der Waals surface area contributed by atoms with Gasteiger partial charge >= 0.3 is 0 Å². The summed E-state index contributed by atoms with van der Waals surface area (Å²) in [5.74, 6) is 1.16. The highest BCUT2D eigenvalue weighted by Gasteiger charge is 2.32. The third-order valence-electron chi connectivity index (χ3n) is 9.32. The molecule has 0 spiro atoms. The highest BCUT2D eigenvalue weighted by molar-refractivity contribution is 5.86. The number of amides is 2. The highest BCUT2D eigenvalue weighted by atomic mass is 16.5. The van der Waals surface area contributed by atoms with Gasteiger partial charge in [-0.25, -0.2) is 0 Å². The minimum Gasteiger partial charge on any atom is -0.493 e. The summed E-state index contributed by atoms with van der Waals surface area (Å²) in [6.07, 6.45) is 5.45. The van der Waals surface area contributed by atoms with Crippen molar-refractivity contribution in [1.29, 1.82) is 0 Å². The Hall–Kier alpha value is -4.83. The van der Waals surface area contributed by atoms with Crippen LogP contribution < -0.4 is 30.3 Å². The molecule has 10 heteroatoms. The zero-order valence-electron chi connectivity index (χ0n) is 29.4. The maximum absolute atomic E-state index is 13.9. The lowest BCUT2D eigenvalue weighted by molar-refractivity contribution is -0.134. The molecule has 2 amide bonds. The number of ether oxygens (including phenoxy) is 3. The fraction of sp³-hybridized carbons (Fsp3) is 0.410. The summed E-state index contributed by atoms with van der Waals surface area (Å²) in [6.45, 7) is 9.03. The zero-order valence-corrected chi connectivity index (χ0v) is 29.4. The number of piperazine rings is 1. The highest BCUT2D eigenvalue weighted by Crippen LogP contribution is 2.50. The van der Waals surface area contributed by atoms with E-state index in [1.54, 1.807) is 33.5 Å². The molecule has 0 aromatic heterocycles. The van der Waals surface area contributed by atoms with Gasteiger partial charge < -0.3 is 29.7 Å². The van der Waals surface area contributed by atoms with Crippen molar-refractivity contribution in [2.75, 3.05) is 59.4 Å². The van der Waals surface area contributed by atoms with Crippen molar-refractivity contribution in [3.8, 4) is 28.4 Å². The molecule has 2 N–H and O–H groups in total. The maximum atomic E-state index is 13.9. The number of aryl methyl sites for hydroxylation is 1. The normalized spacial score (nSPS) is 16.7. The van der Waals surface area contributed by atoms with Crippen LogP contribution in [0.3, 0.4) is 0 Å². The summed E-state index contributed by atoms with van der Waals surface area (Å²) in [6, 6.07) is 16.3. The van der Waals surface area contributed by atoms with E-state index in [4.69, 9.17) is 14.2 Å². The number of carbonyl (C=O) groups is 2. The van der Waals surface area contributed by atoms with E-state index >= 15 is 0 Å². The van der Waals surface area contributed by atoms with E-state index in [0.717, 1.165) is 36.3 Å². The SMILES string of the molecule is COc1cc2c(c(OC)c1OC)-c1ccc(NC(C(=O)N3CCN(CC=Cc4ccccc4)CC3)C(C)C)c(=O)cc1C(NC(C)=O)CC2. The van der Waals surface area contributed by atoms with Crippen LogP contribution in [0.25, 0.3) is 17.2 Å². The molecule has 3 aromatic rings. The lowest BCUT2D eigenvalue weighted by Crippen LogP contribution is -2.54. The fourth-order valence-electron chi connectivity index (χ4n) is 6.76. The maximum Gasteiger partial charge on any atom is 0.245 e. The minimum absolute atomic E-state index is 0.0260. The van der Waals surface area contributed by atoms with Crippen molar-refractivity contribution in [1.82, 2.24) is 15.1 Å².